The smallest absolute Gasteiger partial charge is 0.216 e. The molecule has 3 aromatic carbocycles. The Hall–Kier alpha value is -3.90. The van der Waals surface area contributed by atoms with Gasteiger partial charge in [-0.25, -0.2) is 4.98 Å². The van der Waals surface area contributed by atoms with Gasteiger partial charge in [0.1, 0.15) is 11.4 Å². The van der Waals surface area contributed by atoms with Crippen LogP contribution in [0.5, 0.6) is 11.6 Å². The molecule has 0 aliphatic carbocycles. The highest BCUT2D eigenvalue weighted by Gasteiger charge is 2.21. The Kier molecular flexibility index (Phi) is 4.34. The van der Waals surface area contributed by atoms with E-state index < -0.39 is 0 Å². The quantitative estimate of drug-likeness (QED) is 0.335. The van der Waals surface area contributed by atoms with Crippen LogP contribution in [0.15, 0.2) is 79.1 Å². The fourth-order valence-electron chi connectivity index (χ4n) is 3.55. The molecule has 0 saturated carbocycles. The van der Waals surface area contributed by atoms with Gasteiger partial charge in [0.05, 0.1) is 11.2 Å². The number of aromatic hydroxyl groups is 2. The first-order valence-electron chi connectivity index (χ1n) is 9.30. The lowest BCUT2D eigenvalue weighted by atomic mass is 9.97. The Morgan fingerprint density at radius 3 is 2.33 bits per heavy atom. The molecule has 3 N–H and O–H groups in total. The largest absolute Gasteiger partial charge is 0.508 e. The summed E-state index contributed by atoms with van der Waals surface area (Å²) in [5.74, 6) is 0.123. The molecule has 5 nitrogen and oxygen atoms in total. The first kappa shape index (κ1) is 18.1. The highest BCUT2D eigenvalue weighted by atomic mass is 32.1. The molecule has 2 heterocycles. The van der Waals surface area contributed by atoms with E-state index in [9.17, 15) is 15.0 Å². The summed E-state index contributed by atoms with van der Waals surface area (Å²) in [7, 11) is 0. The van der Waals surface area contributed by atoms with Crippen molar-refractivity contribution in [3.05, 3.63) is 89.6 Å². The van der Waals surface area contributed by atoms with Gasteiger partial charge in [0.2, 0.25) is 11.7 Å². The number of aromatic nitrogens is 2. The number of hydrogen-bond donors (Lipinski definition) is 3. The second kappa shape index (κ2) is 7.17. The van der Waals surface area contributed by atoms with Gasteiger partial charge in [-0.3, -0.25) is 4.79 Å². The van der Waals surface area contributed by atoms with Crippen LogP contribution in [0.1, 0.15) is 15.2 Å². The zero-order valence-electron chi connectivity index (χ0n) is 15.7. The number of nitrogens with zero attached hydrogens (tertiary/aromatic N) is 1. The molecule has 0 aliphatic rings. The molecule has 30 heavy (non-hydrogen) atoms. The zero-order chi connectivity index (χ0) is 20.7. The molecule has 146 valence electrons. The van der Waals surface area contributed by atoms with Crippen LogP contribution < -0.4 is 0 Å². The molecule has 5 aromatic rings. The number of imidazole rings is 1. The van der Waals surface area contributed by atoms with Gasteiger partial charge >= 0.3 is 0 Å². The molecule has 0 saturated heterocycles. The van der Waals surface area contributed by atoms with E-state index in [1.54, 1.807) is 24.3 Å². The third kappa shape index (κ3) is 3.03. The number of thiophene rings is 1. The Labute approximate surface area is 175 Å². The van der Waals surface area contributed by atoms with Gasteiger partial charge in [-0.1, -0.05) is 54.6 Å². The van der Waals surface area contributed by atoms with Gasteiger partial charge in [-0.15, -0.1) is 11.3 Å². The topological polar surface area (TPSA) is 86.2 Å². The van der Waals surface area contributed by atoms with E-state index >= 15 is 0 Å². The summed E-state index contributed by atoms with van der Waals surface area (Å²) in [6, 6.07) is 21.9. The lowest BCUT2D eigenvalue weighted by molar-refractivity contribution is 0.104. The molecule has 0 atom stereocenters. The molecule has 5 rings (SSSR count). The van der Waals surface area contributed by atoms with Gasteiger partial charge in [-0.2, -0.15) is 0 Å². The third-order valence-corrected chi connectivity index (χ3v) is 6.13. The molecule has 6 heteroatoms. The number of aromatic amines is 1. The number of fused-ring (bicyclic) bond motifs is 1. The second-order valence-corrected chi connectivity index (χ2v) is 7.91. The predicted octanol–water partition coefficient (Wildman–Crippen LogP) is 5.60. The van der Waals surface area contributed by atoms with Crippen molar-refractivity contribution >= 4 is 27.2 Å². The van der Waals surface area contributed by atoms with E-state index in [1.807, 2.05) is 48.5 Å². The van der Waals surface area contributed by atoms with Crippen molar-refractivity contribution in [2.75, 3.05) is 0 Å². The van der Waals surface area contributed by atoms with Gasteiger partial charge in [0.25, 0.3) is 0 Å². The molecular weight excluding hydrogens is 396 g/mol. The number of phenolic OH excluding ortho intramolecular Hbond substituents is 1. The number of carbonyl (C=O) groups is 1. The van der Waals surface area contributed by atoms with E-state index in [2.05, 4.69) is 9.97 Å². The van der Waals surface area contributed by atoms with E-state index in [0.717, 1.165) is 26.8 Å². The molecule has 0 aliphatic heterocycles. The average Bonchev–Trinajstić information content (AvgIpc) is 3.37. The molecule has 0 spiro atoms. The number of H-pyrrole nitrogens is 1. The van der Waals surface area contributed by atoms with Crippen LogP contribution in [0, 0.1) is 0 Å². The van der Waals surface area contributed by atoms with Crippen LogP contribution in [-0.4, -0.2) is 26.0 Å². The Morgan fingerprint density at radius 2 is 1.63 bits per heavy atom. The van der Waals surface area contributed by atoms with Crippen LogP contribution >= 0.6 is 11.3 Å². The number of rotatable bonds is 4. The summed E-state index contributed by atoms with van der Waals surface area (Å²) in [6.07, 6.45) is 1.44. The van der Waals surface area contributed by atoms with E-state index in [0.29, 0.717) is 16.1 Å². The van der Waals surface area contributed by atoms with E-state index in [1.165, 1.54) is 17.7 Å². The van der Waals surface area contributed by atoms with Crippen molar-refractivity contribution in [1.29, 1.82) is 0 Å². The maximum absolute atomic E-state index is 13.3. The van der Waals surface area contributed by atoms with Gasteiger partial charge in [0, 0.05) is 26.8 Å². The number of carbonyl (C=O) groups excluding carboxylic acids is 1. The molecule has 2 aromatic heterocycles. The van der Waals surface area contributed by atoms with Gasteiger partial charge < -0.3 is 15.2 Å². The van der Waals surface area contributed by atoms with Crippen molar-refractivity contribution in [1.82, 2.24) is 9.97 Å². The minimum absolute atomic E-state index is 0.0131. The molecule has 0 bridgehead atoms. The van der Waals surface area contributed by atoms with Crippen LogP contribution in [0.25, 0.3) is 32.5 Å². The van der Waals surface area contributed by atoms with Crippen LogP contribution in [0.2, 0.25) is 0 Å². The molecule has 0 fully saturated rings. The number of phenols is 1. The Balaban J connectivity index is 1.68. The molecular formula is C24H16N2O3S. The van der Waals surface area contributed by atoms with Crippen molar-refractivity contribution in [3.63, 3.8) is 0 Å². The van der Waals surface area contributed by atoms with E-state index in [4.69, 9.17) is 0 Å². The fourth-order valence-corrected chi connectivity index (χ4v) is 4.77. The minimum Gasteiger partial charge on any atom is -0.508 e. The molecule has 0 radical (unpaired) electrons. The maximum atomic E-state index is 13.3. The van der Waals surface area contributed by atoms with Crippen LogP contribution in [-0.2, 0) is 0 Å². The van der Waals surface area contributed by atoms with Gasteiger partial charge in [-0.05, 0) is 23.8 Å². The average molecular weight is 412 g/mol. The first-order valence-corrected chi connectivity index (χ1v) is 10.1. The number of benzene rings is 3. The van der Waals surface area contributed by atoms with Crippen molar-refractivity contribution in [2.24, 2.45) is 0 Å². The first-order chi connectivity index (χ1) is 14.6. The molecule has 0 unspecified atom stereocenters. The van der Waals surface area contributed by atoms with Crippen LogP contribution in [0.3, 0.4) is 0 Å². The number of nitrogens with one attached hydrogen (secondary N) is 1. The number of hydrogen-bond acceptors (Lipinski definition) is 5. The maximum Gasteiger partial charge on any atom is 0.216 e. The lowest BCUT2D eigenvalue weighted by Crippen LogP contribution is -2.00. The third-order valence-electron chi connectivity index (χ3n) is 4.98. The zero-order valence-corrected chi connectivity index (χ0v) is 16.5. The summed E-state index contributed by atoms with van der Waals surface area (Å²) in [5, 5.41) is 20.7. The van der Waals surface area contributed by atoms with Crippen molar-refractivity contribution < 1.29 is 15.0 Å². The standard InChI is InChI=1S/C24H16N2O3S/c27-17-10-11-18-19(12-17)30-23(22(28)16-4-2-1-3-5-16)20(18)14-6-8-15(9-7-14)21-24(29)26-13-25-21/h1-13,27,29H,(H,25,26). The molecule has 0 amide bonds. The monoisotopic (exact) mass is 412 g/mol. The fraction of sp³-hybridized carbons (Fsp3) is 0. The summed E-state index contributed by atoms with van der Waals surface area (Å²) in [5.41, 5.74) is 3.58. The van der Waals surface area contributed by atoms with Crippen molar-refractivity contribution in [3.8, 4) is 34.0 Å². The Morgan fingerprint density at radius 1 is 0.900 bits per heavy atom. The lowest BCUT2D eigenvalue weighted by Gasteiger charge is -2.07. The van der Waals surface area contributed by atoms with Crippen molar-refractivity contribution in [2.45, 2.75) is 0 Å². The summed E-state index contributed by atoms with van der Waals surface area (Å²) in [6.45, 7) is 0. The Bertz CT molecular complexity index is 1370. The van der Waals surface area contributed by atoms with Gasteiger partial charge in [0.15, 0.2) is 0 Å². The summed E-state index contributed by atoms with van der Waals surface area (Å²) < 4.78 is 0.846. The van der Waals surface area contributed by atoms with Crippen LogP contribution in [0.4, 0.5) is 0 Å². The summed E-state index contributed by atoms with van der Waals surface area (Å²) >= 11 is 1.37. The predicted molar refractivity (Wildman–Crippen MR) is 118 cm³/mol. The number of ketones is 1. The van der Waals surface area contributed by atoms with E-state index in [-0.39, 0.29) is 17.4 Å². The summed E-state index contributed by atoms with van der Waals surface area (Å²) in [4.78, 5) is 20.7. The normalized spacial score (nSPS) is 11.1. The SMILES string of the molecule is O=C(c1ccccc1)c1sc2cc(O)ccc2c1-c1ccc(-c2nc[nH]c2O)cc1. The second-order valence-electron chi connectivity index (χ2n) is 6.86. The minimum atomic E-state index is -0.0553. The highest BCUT2D eigenvalue weighted by Crippen LogP contribution is 2.41. The highest BCUT2D eigenvalue weighted by molar-refractivity contribution is 7.21.